The number of carboxylic acid groups (broad SMARTS) is 1. The lowest BCUT2D eigenvalue weighted by Gasteiger charge is -2.18. The van der Waals surface area contributed by atoms with Crippen LogP contribution >= 0.6 is 0 Å². The molecule has 0 aliphatic heterocycles. The van der Waals surface area contributed by atoms with Crippen molar-refractivity contribution in [3.05, 3.63) is 71.9 Å². The van der Waals surface area contributed by atoms with Gasteiger partial charge in [-0.25, -0.2) is 0 Å². The number of carbonyl (C=O) groups is 2. The Morgan fingerprint density at radius 1 is 1.04 bits per heavy atom. The van der Waals surface area contributed by atoms with Gasteiger partial charge in [-0.2, -0.15) is 0 Å². The zero-order valence-electron chi connectivity index (χ0n) is 15.0. The summed E-state index contributed by atoms with van der Waals surface area (Å²) in [6, 6.07) is 17.5. The smallest absolute Gasteiger partial charge is 0.308 e. The van der Waals surface area contributed by atoms with Crippen molar-refractivity contribution in [3.8, 4) is 0 Å². The molecule has 0 bridgehead atoms. The van der Waals surface area contributed by atoms with Gasteiger partial charge in [0.2, 0.25) is 0 Å². The number of rotatable bonds is 5. The summed E-state index contributed by atoms with van der Waals surface area (Å²) in [5.41, 5.74) is 2.63. The number of carbonyl (C=O) groups excluding carboxylic acids is 1. The first kappa shape index (κ1) is 17.3. The third kappa shape index (κ3) is 3.45. The molecule has 1 fully saturated rings. The lowest BCUT2D eigenvalue weighted by atomic mass is 10.0. The maximum Gasteiger partial charge on any atom is 0.308 e. The van der Waals surface area contributed by atoms with Crippen molar-refractivity contribution in [3.63, 3.8) is 0 Å². The quantitative estimate of drug-likeness (QED) is 0.727. The molecule has 0 saturated heterocycles. The van der Waals surface area contributed by atoms with Crippen LogP contribution < -0.4 is 5.32 Å². The summed E-state index contributed by atoms with van der Waals surface area (Å²) in [7, 11) is 0. The Morgan fingerprint density at radius 2 is 1.85 bits per heavy atom. The fourth-order valence-corrected chi connectivity index (χ4v) is 4.03. The van der Waals surface area contributed by atoms with E-state index in [2.05, 4.69) is 22.0 Å². The average Bonchev–Trinajstić information content (AvgIpc) is 3.30. The van der Waals surface area contributed by atoms with E-state index in [0.29, 0.717) is 24.9 Å². The minimum absolute atomic E-state index is 0.202. The number of amides is 1. The summed E-state index contributed by atoms with van der Waals surface area (Å²) in [6.07, 6.45) is 4.15. The second-order valence-corrected chi connectivity index (χ2v) is 7.13. The predicted molar refractivity (Wildman–Crippen MR) is 104 cm³/mol. The number of fused-ring (bicyclic) bond motifs is 1. The fraction of sp³-hybridized carbons (Fsp3) is 0.273. The van der Waals surface area contributed by atoms with Crippen LogP contribution in [-0.4, -0.2) is 27.6 Å². The van der Waals surface area contributed by atoms with Crippen LogP contribution in [0.4, 0.5) is 0 Å². The first-order valence-corrected chi connectivity index (χ1v) is 9.29. The molecule has 2 atom stereocenters. The van der Waals surface area contributed by atoms with E-state index in [4.69, 9.17) is 0 Å². The summed E-state index contributed by atoms with van der Waals surface area (Å²) in [4.78, 5) is 24.4. The van der Waals surface area contributed by atoms with E-state index in [-0.39, 0.29) is 11.9 Å². The molecule has 138 valence electrons. The van der Waals surface area contributed by atoms with Crippen LogP contribution in [0.3, 0.4) is 0 Å². The Labute approximate surface area is 157 Å². The van der Waals surface area contributed by atoms with E-state index in [9.17, 15) is 14.7 Å². The number of nitrogens with one attached hydrogen (secondary N) is 1. The summed E-state index contributed by atoms with van der Waals surface area (Å²) >= 11 is 0. The monoisotopic (exact) mass is 362 g/mol. The molecule has 5 heteroatoms. The molecule has 1 heterocycles. The fourth-order valence-electron chi connectivity index (χ4n) is 4.03. The van der Waals surface area contributed by atoms with E-state index in [1.807, 2.05) is 48.7 Å². The number of aliphatic carboxylic acids is 1. The topological polar surface area (TPSA) is 71.3 Å². The summed E-state index contributed by atoms with van der Waals surface area (Å²) in [5.74, 6) is -1.53. The molecule has 2 unspecified atom stereocenters. The highest BCUT2D eigenvalue weighted by atomic mass is 16.4. The van der Waals surface area contributed by atoms with Crippen LogP contribution in [0.2, 0.25) is 0 Å². The van der Waals surface area contributed by atoms with Crippen LogP contribution in [0.5, 0.6) is 0 Å². The van der Waals surface area contributed by atoms with E-state index in [1.54, 1.807) is 0 Å². The number of carboxylic acids is 1. The third-order valence-corrected chi connectivity index (χ3v) is 5.38. The lowest BCUT2D eigenvalue weighted by Crippen LogP contribution is -2.40. The Hall–Kier alpha value is -3.08. The van der Waals surface area contributed by atoms with Crippen molar-refractivity contribution < 1.29 is 14.7 Å². The van der Waals surface area contributed by atoms with Crippen molar-refractivity contribution >= 4 is 22.8 Å². The number of benzene rings is 2. The molecule has 1 saturated carbocycles. The molecule has 5 nitrogen and oxygen atoms in total. The van der Waals surface area contributed by atoms with Crippen molar-refractivity contribution in [2.24, 2.45) is 5.92 Å². The molecule has 0 spiro atoms. The zero-order chi connectivity index (χ0) is 18.8. The van der Waals surface area contributed by atoms with Crippen molar-refractivity contribution in [2.75, 3.05) is 0 Å². The van der Waals surface area contributed by atoms with Gasteiger partial charge in [0, 0.05) is 24.2 Å². The Morgan fingerprint density at radius 3 is 2.63 bits per heavy atom. The highest BCUT2D eigenvalue weighted by Gasteiger charge is 2.34. The van der Waals surface area contributed by atoms with Gasteiger partial charge in [0.25, 0.3) is 5.91 Å². The van der Waals surface area contributed by atoms with E-state index in [0.717, 1.165) is 22.9 Å². The normalized spacial score (nSPS) is 19.3. The van der Waals surface area contributed by atoms with Crippen LogP contribution in [0.25, 0.3) is 10.9 Å². The number of hydrogen-bond donors (Lipinski definition) is 2. The van der Waals surface area contributed by atoms with Crippen LogP contribution in [0.1, 0.15) is 35.2 Å². The number of hydrogen-bond acceptors (Lipinski definition) is 2. The minimum Gasteiger partial charge on any atom is -0.481 e. The summed E-state index contributed by atoms with van der Waals surface area (Å²) < 4.78 is 2.07. The maximum absolute atomic E-state index is 13.0. The van der Waals surface area contributed by atoms with Crippen LogP contribution in [-0.2, 0) is 11.3 Å². The molecule has 4 rings (SSSR count). The van der Waals surface area contributed by atoms with Gasteiger partial charge in [-0.1, -0.05) is 48.9 Å². The first-order chi connectivity index (χ1) is 13.1. The largest absolute Gasteiger partial charge is 0.481 e. The predicted octanol–water partition coefficient (Wildman–Crippen LogP) is 3.67. The summed E-state index contributed by atoms with van der Waals surface area (Å²) in [5, 5.41) is 13.3. The molecule has 2 aromatic carbocycles. The maximum atomic E-state index is 13.0. The Kier molecular flexibility index (Phi) is 4.67. The molecule has 1 amide bonds. The van der Waals surface area contributed by atoms with Gasteiger partial charge < -0.3 is 15.0 Å². The highest BCUT2D eigenvalue weighted by molar-refractivity contribution is 6.06. The number of para-hydroxylation sites is 1. The van der Waals surface area contributed by atoms with Crippen LogP contribution in [0, 0.1) is 5.92 Å². The van der Waals surface area contributed by atoms with Crippen molar-refractivity contribution in [2.45, 2.75) is 31.8 Å². The lowest BCUT2D eigenvalue weighted by molar-refractivity contribution is -0.142. The van der Waals surface area contributed by atoms with Crippen molar-refractivity contribution in [1.29, 1.82) is 0 Å². The number of aromatic nitrogens is 1. The van der Waals surface area contributed by atoms with Gasteiger partial charge in [-0.3, -0.25) is 9.59 Å². The standard InChI is InChI=1S/C22H22N2O3/c25-21(23-19-11-5-9-17(19)22(26)27)18-10-4-8-16-12-13-24(20(16)18)14-15-6-2-1-3-7-15/h1-4,6-8,10,12-13,17,19H,5,9,11,14H2,(H,23,25)(H,26,27). The molecule has 1 aliphatic rings. The third-order valence-electron chi connectivity index (χ3n) is 5.38. The molecule has 27 heavy (non-hydrogen) atoms. The first-order valence-electron chi connectivity index (χ1n) is 9.29. The average molecular weight is 362 g/mol. The molecule has 1 aliphatic carbocycles. The minimum atomic E-state index is -0.830. The highest BCUT2D eigenvalue weighted by Crippen LogP contribution is 2.27. The molecule has 2 N–H and O–H groups in total. The van der Waals surface area contributed by atoms with Gasteiger partial charge in [0.1, 0.15) is 0 Å². The van der Waals surface area contributed by atoms with E-state index in [1.165, 1.54) is 0 Å². The summed E-state index contributed by atoms with van der Waals surface area (Å²) in [6.45, 7) is 0.676. The van der Waals surface area contributed by atoms with Gasteiger partial charge in [-0.05, 0) is 30.5 Å². The van der Waals surface area contributed by atoms with Gasteiger partial charge in [0.05, 0.1) is 17.0 Å². The second kappa shape index (κ2) is 7.27. The molecule has 3 aromatic rings. The Balaban J connectivity index is 1.64. The molecule has 1 aromatic heterocycles. The van der Waals surface area contributed by atoms with E-state index >= 15 is 0 Å². The number of nitrogens with zero attached hydrogens (tertiary/aromatic N) is 1. The second-order valence-electron chi connectivity index (χ2n) is 7.13. The molecule has 0 radical (unpaired) electrons. The van der Waals surface area contributed by atoms with Crippen LogP contribution in [0.15, 0.2) is 60.8 Å². The Bertz CT molecular complexity index is 978. The SMILES string of the molecule is O=C(NC1CCCC1C(=O)O)c1cccc2ccn(Cc3ccccc3)c12. The van der Waals surface area contributed by atoms with Gasteiger partial charge >= 0.3 is 5.97 Å². The van der Waals surface area contributed by atoms with Gasteiger partial charge in [0.15, 0.2) is 0 Å². The zero-order valence-corrected chi connectivity index (χ0v) is 15.0. The van der Waals surface area contributed by atoms with Gasteiger partial charge in [-0.15, -0.1) is 0 Å². The molecular weight excluding hydrogens is 340 g/mol. The van der Waals surface area contributed by atoms with Crippen molar-refractivity contribution in [1.82, 2.24) is 9.88 Å². The molecular formula is C22H22N2O3. The van der Waals surface area contributed by atoms with E-state index < -0.39 is 11.9 Å².